The molecular weight excluding hydrogens is 379 g/mol. The Hall–Kier alpha value is -2.49. The summed E-state index contributed by atoms with van der Waals surface area (Å²) in [7, 11) is 0. The molecule has 0 radical (unpaired) electrons. The summed E-state index contributed by atoms with van der Waals surface area (Å²) in [6.07, 6.45) is 7.11. The SMILES string of the molecule is Cc1nc(NNC(=O)[C@@H](CC2CCCC2)CN(O)C=O)c(F)c(N2CCCC2)n1. The number of hydrazine groups is 1. The highest BCUT2D eigenvalue weighted by Gasteiger charge is 2.28. The van der Waals surface area contributed by atoms with Gasteiger partial charge in [-0.25, -0.2) is 15.0 Å². The van der Waals surface area contributed by atoms with Crippen molar-refractivity contribution in [3.05, 3.63) is 11.6 Å². The minimum absolute atomic E-state index is 0.0939. The van der Waals surface area contributed by atoms with Crippen LogP contribution in [-0.2, 0) is 9.59 Å². The van der Waals surface area contributed by atoms with Gasteiger partial charge >= 0.3 is 0 Å². The molecule has 1 saturated heterocycles. The summed E-state index contributed by atoms with van der Waals surface area (Å²) >= 11 is 0. The van der Waals surface area contributed by atoms with Crippen LogP contribution in [0, 0.1) is 24.6 Å². The highest BCUT2D eigenvalue weighted by Crippen LogP contribution is 2.31. The zero-order valence-corrected chi connectivity index (χ0v) is 16.7. The van der Waals surface area contributed by atoms with Crippen molar-refractivity contribution in [3.63, 3.8) is 0 Å². The molecule has 9 nitrogen and oxygen atoms in total. The molecule has 160 valence electrons. The zero-order chi connectivity index (χ0) is 20.8. The molecule has 0 aromatic carbocycles. The van der Waals surface area contributed by atoms with E-state index in [0.717, 1.165) is 51.6 Å². The number of nitrogens with zero attached hydrogens (tertiary/aromatic N) is 4. The number of rotatable bonds is 9. The van der Waals surface area contributed by atoms with Gasteiger partial charge in [-0.3, -0.25) is 25.6 Å². The third kappa shape index (κ3) is 5.53. The number of carbonyl (C=O) groups is 2. The summed E-state index contributed by atoms with van der Waals surface area (Å²) in [4.78, 5) is 33.6. The van der Waals surface area contributed by atoms with Gasteiger partial charge in [0.15, 0.2) is 11.6 Å². The van der Waals surface area contributed by atoms with Crippen LogP contribution in [-0.4, -0.2) is 52.2 Å². The molecule has 1 aliphatic carbocycles. The van der Waals surface area contributed by atoms with Gasteiger partial charge in [0.25, 0.3) is 0 Å². The van der Waals surface area contributed by atoms with E-state index < -0.39 is 17.6 Å². The fourth-order valence-electron chi connectivity index (χ4n) is 4.17. The molecule has 10 heteroatoms. The zero-order valence-electron chi connectivity index (χ0n) is 16.7. The van der Waals surface area contributed by atoms with Crippen LogP contribution in [0.2, 0.25) is 0 Å². The average Bonchev–Trinajstić information content (AvgIpc) is 3.41. The second kappa shape index (κ2) is 9.82. The normalized spacial score (nSPS) is 18.0. The van der Waals surface area contributed by atoms with Crippen molar-refractivity contribution in [3.8, 4) is 0 Å². The monoisotopic (exact) mass is 408 g/mol. The van der Waals surface area contributed by atoms with Crippen molar-refractivity contribution < 1.29 is 19.2 Å². The topological polar surface area (TPSA) is 111 Å². The molecule has 0 spiro atoms. The summed E-state index contributed by atoms with van der Waals surface area (Å²) in [5.74, 6) is -0.719. The number of amides is 2. The third-order valence-corrected chi connectivity index (χ3v) is 5.65. The summed E-state index contributed by atoms with van der Waals surface area (Å²) in [6, 6.07) is 0. The number of hydrogen-bond acceptors (Lipinski definition) is 7. The molecule has 0 unspecified atom stereocenters. The summed E-state index contributed by atoms with van der Waals surface area (Å²) < 4.78 is 14.9. The van der Waals surface area contributed by atoms with Gasteiger partial charge in [-0.05, 0) is 32.1 Å². The van der Waals surface area contributed by atoms with Crippen LogP contribution in [0.15, 0.2) is 0 Å². The maximum absolute atomic E-state index is 14.9. The molecule has 2 amide bonds. The Kier molecular flexibility index (Phi) is 7.18. The first kappa shape index (κ1) is 21.2. The lowest BCUT2D eigenvalue weighted by Crippen LogP contribution is -2.41. The van der Waals surface area contributed by atoms with Crippen molar-refractivity contribution in [1.29, 1.82) is 0 Å². The third-order valence-electron chi connectivity index (χ3n) is 5.65. The smallest absolute Gasteiger partial charge is 0.243 e. The highest BCUT2D eigenvalue weighted by molar-refractivity contribution is 5.80. The number of aryl methyl sites for hydroxylation is 1. The second-order valence-corrected chi connectivity index (χ2v) is 7.88. The number of halogens is 1. The van der Waals surface area contributed by atoms with Gasteiger partial charge in [0.05, 0.1) is 12.5 Å². The quantitative estimate of drug-likeness (QED) is 0.326. The first-order valence-electron chi connectivity index (χ1n) is 10.2. The lowest BCUT2D eigenvalue weighted by molar-refractivity contribution is -0.154. The van der Waals surface area contributed by atoms with Crippen LogP contribution < -0.4 is 15.8 Å². The molecule has 1 aliphatic heterocycles. The van der Waals surface area contributed by atoms with Crippen LogP contribution in [0.25, 0.3) is 0 Å². The predicted molar refractivity (Wildman–Crippen MR) is 105 cm³/mol. The molecule has 29 heavy (non-hydrogen) atoms. The van der Waals surface area contributed by atoms with Crippen molar-refractivity contribution in [1.82, 2.24) is 20.5 Å². The van der Waals surface area contributed by atoms with Gasteiger partial charge in [-0.2, -0.15) is 4.39 Å². The van der Waals surface area contributed by atoms with E-state index in [2.05, 4.69) is 20.8 Å². The Morgan fingerprint density at radius 1 is 1.31 bits per heavy atom. The van der Waals surface area contributed by atoms with E-state index in [1.54, 1.807) is 6.92 Å². The largest absolute Gasteiger partial charge is 0.354 e. The Morgan fingerprint density at radius 2 is 2.00 bits per heavy atom. The molecule has 1 saturated carbocycles. The second-order valence-electron chi connectivity index (χ2n) is 7.88. The Bertz CT molecular complexity index is 722. The van der Waals surface area contributed by atoms with Gasteiger partial charge in [0.1, 0.15) is 5.82 Å². The summed E-state index contributed by atoms with van der Waals surface area (Å²) in [5, 5.41) is 10.0. The van der Waals surface area contributed by atoms with Gasteiger partial charge in [-0.15, -0.1) is 0 Å². The van der Waals surface area contributed by atoms with Gasteiger partial charge < -0.3 is 4.90 Å². The fraction of sp³-hybridized carbons (Fsp3) is 0.684. The Balaban J connectivity index is 1.67. The number of carbonyl (C=O) groups excluding carboxylic acids is 2. The number of nitrogens with one attached hydrogen (secondary N) is 2. The Morgan fingerprint density at radius 3 is 2.66 bits per heavy atom. The van der Waals surface area contributed by atoms with Crippen LogP contribution in [0.1, 0.15) is 50.8 Å². The average molecular weight is 408 g/mol. The molecule has 0 bridgehead atoms. The van der Waals surface area contributed by atoms with Crippen LogP contribution >= 0.6 is 0 Å². The molecule has 1 aromatic rings. The first-order valence-corrected chi connectivity index (χ1v) is 10.2. The fourth-order valence-corrected chi connectivity index (χ4v) is 4.17. The standard InChI is InChI=1S/C19H29FN6O3/c1-13-21-17(16(20)18(22-13)25-8-4-5-9-25)23-24-19(28)15(11-26(29)12-27)10-14-6-2-3-7-14/h12,14-15,29H,2-11H2,1H3,(H,24,28)(H,21,22,23)/t15-/m0/s1. The van der Waals surface area contributed by atoms with E-state index in [9.17, 15) is 19.2 Å². The van der Waals surface area contributed by atoms with E-state index in [-0.39, 0.29) is 24.6 Å². The summed E-state index contributed by atoms with van der Waals surface area (Å²) in [6.45, 7) is 3.03. The van der Waals surface area contributed by atoms with Crippen molar-refractivity contribution >= 4 is 24.0 Å². The van der Waals surface area contributed by atoms with E-state index in [4.69, 9.17) is 0 Å². The van der Waals surface area contributed by atoms with Crippen molar-refractivity contribution in [2.75, 3.05) is 30.0 Å². The first-order chi connectivity index (χ1) is 14.0. The van der Waals surface area contributed by atoms with Gasteiger partial charge in [-0.1, -0.05) is 25.7 Å². The summed E-state index contributed by atoms with van der Waals surface area (Å²) in [5.41, 5.74) is 5.07. The lowest BCUT2D eigenvalue weighted by Gasteiger charge is -2.23. The van der Waals surface area contributed by atoms with Crippen LogP contribution in [0.5, 0.6) is 0 Å². The number of aromatic nitrogens is 2. The molecule has 3 N–H and O–H groups in total. The molecule has 2 fully saturated rings. The molecule has 2 aliphatic rings. The molecule has 3 rings (SSSR count). The van der Waals surface area contributed by atoms with E-state index in [1.807, 2.05) is 4.90 Å². The van der Waals surface area contributed by atoms with Crippen molar-refractivity contribution in [2.24, 2.45) is 11.8 Å². The van der Waals surface area contributed by atoms with E-state index >= 15 is 0 Å². The van der Waals surface area contributed by atoms with Crippen LogP contribution in [0.3, 0.4) is 0 Å². The molecule has 1 aromatic heterocycles. The van der Waals surface area contributed by atoms with E-state index in [1.165, 1.54) is 0 Å². The maximum Gasteiger partial charge on any atom is 0.243 e. The minimum atomic E-state index is -0.609. The lowest BCUT2D eigenvalue weighted by atomic mass is 9.92. The Labute approximate surface area is 169 Å². The maximum atomic E-state index is 14.9. The minimum Gasteiger partial charge on any atom is -0.354 e. The highest BCUT2D eigenvalue weighted by atomic mass is 19.1. The number of hydroxylamine groups is 2. The van der Waals surface area contributed by atoms with Crippen molar-refractivity contribution in [2.45, 2.75) is 51.9 Å². The number of hydrogen-bond donors (Lipinski definition) is 3. The number of anilines is 2. The molecule has 1 atom stereocenters. The molecular formula is C19H29FN6O3. The van der Waals surface area contributed by atoms with Crippen LogP contribution in [0.4, 0.5) is 16.0 Å². The van der Waals surface area contributed by atoms with E-state index in [0.29, 0.717) is 23.2 Å². The van der Waals surface area contributed by atoms with Gasteiger partial charge in [0.2, 0.25) is 18.1 Å². The molecule has 2 heterocycles. The van der Waals surface area contributed by atoms with Gasteiger partial charge in [0, 0.05) is 13.1 Å². The predicted octanol–water partition coefficient (Wildman–Crippen LogP) is 2.01.